The first-order valence-corrected chi connectivity index (χ1v) is 9.26. The molecular formula is C22H22N2O3. The molecule has 138 valence electrons. The molecule has 0 unspecified atom stereocenters. The highest BCUT2D eigenvalue weighted by Gasteiger charge is 2.43. The number of carbonyl (C=O) groups is 2. The van der Waals surface area contributed by atoms with Gasteiger partial charge in [-0.15, -0.1) is 0 Å². The Kier molecular flexibility index (Phi) is 4.44. The van der Waals surface area contributed by atoms with Gasteiger partial charge in [0.2, 0.25) is 0 Å². The van der Waals surface area contributed by atoms with E-state index in [4.69, 9.17) is 4.74 Å². The van der Waals surface area contributed by atoms with Crippen LogP contribution in [0.4, 0.5) is 5.69 Å². The normalized spacial score (nSPS) is 16.4. The topological polar surface area (TPSA) is 49.9 Å². The predicted molar refractivity (Wildman–Crippen MR) is 104 cm³/mol. The van der Waals surface area contributed by atoms with Crippen LogP contribution in [0, 0.1) is 0 Å². The van der Waals surface area contributed by atoms with Crippen LogP contribution in [0.3, 0.4) is 0 Å². The fraction of sp³-hybridized carbons (Fsp3) is 0.273. The van der Waals surface area contributed by atoms with Crippen molar-refractivity contribution in [2.24, 2.45) is 0 Å². The summed E-state index contributed by atoms with van der Waals surface area (Å²) in [5.74, 6) is 0.127. The molecule has 2 aromatic carbocycles. The molecular weight excluding hydrogens is 340 g/mol. The Bertz CT molecular complexity index is 948. The number of hydrogen-bond acceptors (Lipinski definition) is 4. The van der Waals surface area contributed by atoms with E-state index in [0.29, 0.717) is 35.7 Å². The number of rotatable bonds is 5. The Balaban J connectivity index is 1.92. The van der Waals surface area contributed by atoms with Gasteiger partial charge < -0.3 is 9.64 Å². The summed E-state index contributed by atoms with van der Waals surface area (Å²) in [5, 5.41) is 0. The van der Waals surface area contributed by atoms with E-state index in [-0.39, 0.29) is 11.8 Å². The summed E-state index contributed by atoms with van der Waals surface area (Å²) in [6.07, 6.45) is 1.58. The monoisotopic (exact) mass is 362 g/mol. The third kappa shape index (κ3) is 2.70. The van der Waals surface area contributed by atoms with E-state index in [0.717, 1.165) is 18.5 Å². The van der Waals surface area contributed by atoms with Crippen molar-refractivity contribution in [3.63, 3.8) is 0 Å². The second kappa shape index (κ2) is 6.91. The van der Waals surface area contributed by atoms with Gasteiger partial charge in [-0.1, -0.05) is 43.3 Å². The predicted octanol–water partition coefficient (Wildman–Crippen LogP) is 3.25. The number of anilines is 1. The molecule has 27 heavy (non-hydrogen) atoms. The fourth-order valence-corrected chi connectivity index (χ4v) is 3.90. The van der Waals surface area contributed by atoms with Crippen molar-refractivity contribution in [1.29, 1.82) is 0 Å². The van der Waals surface area contributed by atoms with Gasteiger partial charge in [0.05, 0.1) is 12.7 Å². The highest BCUT2D eigenvalue weighted by molar-refractivity contribution is 6.37. The molecule has 0 aromatic heterocycles. The SMILES string of the molecule is CCCN1C(=O)C(c2ccccc2OC)=C(N2CCc3ccccc32)C1=O. The maximum absolute atomic E-state index is 13.3. The molecule has 0 radical (unpaired) electrons. The second-order valence-corrected chi connectivity index (χ2v) is 6.72. The molecule has 2 aromatic rings. The Hall–Kier alpha value is -3.08. The van der Waals surface area contributed by atoms with Crippen molar-refractivity contribution in [1.82, 2.24) is 4.90 Å². The quantitative estimate of drug-likeness (QED) is 0.766. The first kappa shape index (κ1) is 17.3. The molecule has 0 N–H and O–H groups in total. The van der Waals surface area contributed by atoms with Crippen LogP contribution in [0.2, 0.25) is 0 Å². The van der Waals surface area contributed by atoms with Crippen LogP contribution in [0.15, 0.2) is 54.2 Å². The third-order valence-corrected chi connectivity index (χ3v) is 5.12. The standard InChI is InChI=1S/C22H22N2O3/c1-3-13-24-21(25)19(16-9-5-7-11-18(16)27-2)20(22(24)26)23-14-12-15-8-4-6-10-17(15)23/h4-11H,3,12-14H2,1-2H3. The minimum absolute atomic E-state index is 0.223. The van der Waals surface area contributed by atoms with E-state index in [1.165, 1.54) is 10.5 Å². The van der Waals surface area contributed by atoms with Crippen molar-refractivity contribution >= 4 is 23.1 Å². The molecule has 0 saturated carbocycles. The number of amides is 2. The van der Waals surface area contributed by atoms with Crippen LogP contribution in [0.25, 0.3) is 5.57 Å². The van der Waals surface area contributed by atoms with E-state index in [2.05, 4.69) is 6.07 Å². The Morgan fingerprint density at radius 1 is 1.00 bits per heavy atom. The smallest absolute Gasteiger partial charge is 0.278 e. The van der Waals surface area contributed by atoms with Crippen LogP contribution in [-0.2, 0) is 16.0 Å². The Labute approximate surface area is 158 Å². The number of hydrogen-bond donors (Lipinski definition) is 0. The Morgan fingerprint density at radius 2 is 1.74 bits per heavy atom. The van der Waals surface area contributed by atoms with Gasteiger partial charge in [0.15, 0.2) is 0 Å². The van der Waals surface area contributed by atoms with Gasteiger partial charge in [0.1, 0.15) is 11.4 Å². The second-order valence-electron chi connectivity index (χ2n) is 6.72. The maximum atomic E-state index is 13.3. The number of nitrogens with zero attached hydrogens (tertiary/aromatic N) is 2. The van der Waals surface area contributed by atoms with Gasteiger partial charge in [0.25, 0.3) is 11.8 Å². The zero-order chi connectivity index (χ0) is 19.0. The minimum Gasteiger partial charge on any atom is -0.496 e. The van der Waals surface area contributed by atoms with Crippen LogP contribution >= 0.6 is 0 Å². The molecule has 2 aliphatic rings. The van der Waals surface area contributed by atoms with Crippen LogP contribution in [0.5, 0.6) is 5.75 Å². The molecule has 5 nitrogen and oxygen atoms in total. The zero-order valence-electron chi connectivity index (χ0n) is 15.6. The molecule has 0 saturated heterocycles. The van der Waals surface area contributed by atoms with E-state index < -0.39 is 0 Å². The molecule has 2 heterocycles. The first-order chi connectivity index (χ1) is 13.2. The van der Waals surface area contributed by atoms with E-state index in [9.17, 15) is 9.59 Å². The number of para-hydroxylation sites is 2. The van der Waals surface area contributed by atoms with Crippen molar-refractivity contribution in [2.45, 2.75) is 19.8 Å². The molecule has 0 bridgehead atoms. The number of fused-ring (bicyclic) bond motifs is 1. The van der Waals surface area contributed by atoms with Crippen molar-refractivity contribution in [3.05, 3.63) is 65.4 Å². The van der Waals surface area contributed by atoms with Gasteiger partial charge in [-0.3, -0.25) is 14.5 Å². The summed E-state index contributed by atoms with van der Waals surface area (Å²) >= 11 is 0. The number of methoxy groups -OCH3 is 1. The molecule has 0 fully saturated rings. The molecule has 0 atom stereocenters. The molecule has 5 heteroatoms. The number of benzene rings is 2. The van der Waals surface area contributed by atoms with Gasteiger partial charge in [-0.25, -0.2) is 0 Å². The first-order valence-electron chi connectivity index (χ1n) is 9.26. The molecule has 0 aliphatic carbocycles. The van der Waals surface area contributed by atoms with Crippen molar-refractivity contribution in [3.8, 4) is 5.75 Å². The molecule has 0 spiro atoms. The maximum Gasteiger partial charge on any atom is 0.278 e. The van der Waals surface area contributed by atoms with Crippen molar-refractivity contribution < 1.29 is 14.3 Å². The summed E-state index contributed by atoms with van der Waals surface area (Å²) in [5.41, 5.74) is 3.75. The third-order valence-electron chi connectivity index (χ3n) is 5.12. The summed E-state index contributed by atoms with van der Waals surface area (Å²) in [7, 11) is 1.58. The minimum atomic E-state index is -0.245. The summed E-state index contributed by atoms with van der Waals surface area (Å²) in [6, 6.07) is 15.4. The van der Waals surface area contributed by atoms with Gasteiger partial charge in [-0.05, 0) is 30.5 Å². The molecule has 4 rings (SSSR count). The molecule has 2 aliphatic heterocycles. The van der Waals surface area contributed by atoms with E-state index in [1.54, 1.807) is 7.11 Å². The van der Waals surface area contributed by atoms with Gasteiger partial charge in [-0.2, -0.15) is 0 Å². The summed E-state index contributed by atoms with van der Waals surface area (Å²) < 4.78 is 5.48. The Morgan fingerprint density at radius 3 is 2.52 bits per heavy atom. The lowest BCUT2D eigenvalue weighted by Crippen LogP contribution is -2.35. The lowest BCUT2D eigenvalue weighted by atomic mass is 10.0. The van der Waals surface area contributed by atoms with Gasteiger partial charge >= 0.3 is 0 Å². The lowest BCUT2D eigenvalue weighted by molar-refractivity contribution is -0.136. The highest BCUT2D eigenvalue weighted by Crippen LogP contribution is 2.40. The summed E-state index contributed by atoms with van der Waals surface area (Å²) in [4.78, 5) is 29.8. The average Bonchev–Trinajstić information content (AvgIpc) is 3.22. The van der Waals surface area contributed by atoms with E-state index >= 15 is 0 Å². The number of ether oxygens (including phenoxy) is 1. The molecule has 2 amide bonds. The number of imide groups is 1. The lowest BCUT2D eigenvalue weighted by Gasteiger charge is -2.21. The van der Waals surface area contributed by atoms with Crippen LogP contribution in [-0.4, -0.2) is 36.9 Å². The zero-order valence-corrected chi connectivity index (χ0v) is 15.6. The van der Waals surface area contributed by atoms with Crippen molar-refractivity contribution in [2.75, 3.05) is 25.1 Å². The number of carbonyl (C=O) groups excluding carboxylic acids is 2. The van der Waals surface area contributed by atoms with Gasteiger partial charge in [0, 0.05) is 24.3 Å². The average molecular weight is 362 g/mol. The van der Waals surface area contributed by atoms with Crippen LogP contribution < -0.4 is 9.64 Å². The van der Waals surface area contributed by atoms with Crippen LogP contribution in [0.1, 0.15) is 24.5 Å². The van der Waals surface area contributed by atoms with E-state index in [1.807, 2.05) is 54.3 Å². The highest BCUT2D eigenvalue weighted by atomic mass is 16.5. The fourth-order valence-electron chi connectivity index (χ4n) is 3.90. The largest absolute Gasteiger partial charge is 0.496 e. The summed E-state index contributed by atoms with van der Waals surface area (Å²) in [6.45, 7) is 3.06.